The van der Waals surface area contributed by atoms with Gasteiger partial charge in [0.05, 0.1) is 10.6 Å². The number of rotatable bonds is 11. The molecule has 1 N–H and O–H groups in total. The SMILES string of the molecule is CC[C@@H](C)NC(=O)[C@@H](C)N(Cc1c(Cl)cccc1Cl)C(=O)CN(c1ccc(Cl)cc1C)S(=O)(=O)c1ccccc1. The third-order valence-electron chi connectivity index (χ3n) is 6.60. The first kappa shape index (κ1) is 31.7. The Labute approximate surface area is 251 Å². The lowest BCUT2D eigenvalue weighted by atomic mass is 10.1. The minimum absolute atomic E-state index is 0.0143. The third kappa shape index (κ3) is 7.49. The number of sulfonamides is 1. The first-order valence-electron chi connectivity index (χ1n) is 12.7. The molecule has 0 saturated heterocycles. The highest BCUT2D eigenvalue weighted by Crippen LogP contribution is 2.30. The summed E-state index contributed by atoms with van der Waals surface area (Å²) in [5, 5.41) is 3.96. The first-order valence-corrected chi connectivity index (χ1v) is 15.3. The Morgan fingerprint density at radius 3 is 2.12 bits per heavy atom. The van der Waals surface area contributed by atoms with Crippen molar-refractivity contribution in [2.24, 2.45) is 0 Å². The molecule has 3 rings (SSSR count). The van der Waals surface area contributed by atoms with Gasteiger partial charge in [0.2, 0.25) is 11.8 Å². The molecule has 0 heterocycles. The van der Waals surface area contributed by atoms with Gasteiger partial charge in [-0.3, -0.25) is 13.9 Å². The molecule has 0 aliphatic heterocycles. The van der Waals surface area contributed by atoms with Crippen molar-refractivity contribution in [3.8, 4) is 0 Å². The molecule has 2 atom stereocenters. The van der Waals surface area contributed by atoms with Gasteiger partial charge in [-0.25, -0.2) is 8.42 Å². The van der Waals surface area contributed by atoms with Gasteiger partial charge < -0.3 is 10.2 Å². The van der Waals surface area contributed by atoms with Crippen LogP contribution in [0.1, 0.15) is 38.3 Å². The van der Waals surface area contributed by atoms with E-state index in [0.29, 0.717) is 32.6 Å². The van der Waals surface area contributed by atoms with Crippen LogP contribution in [-0.4, -0.2) is 43.8 Å². The molecular weight excluding hydrogens is 593 g/mol. The van der Waals surface area contributed by atoms with Crippen LogP contribution in [-0.2, 0) is 26.2 Å². The zero-order chi connectivity index (χ0) is 29.6. The van der Waals surface area contributed by atoms with E-state index in [9.17, 15) is 18.0 Å². The van der Waals surface area contributed by atoms with Crippen LogP contribution in [0.5, 0.6) is 0 Å². The fourth-order valence-electron chi connectivity index (χ4n) is 4.03. The van der Waals surface area contributed by atoms with Crippen molar-refractivity contribution in [3.63, 3.8) is 0 Å². The minimum atomic E-state index is -4.19. The Morgan fingerprint density at radius 1 is 0.925 bits per heavy atom. The van der Waals surface area contributed by atoms with Gasteiger partial charge in [-0.15, -0.1) is 0 Å². The molecule has 0 aromatic heterocycles. The Hall–Kier alpha value is -2.78. The van der Waals surface area contributed by atoms with Crippen molar-refractivity contribution in [1.29, 1.82) is 0 Å². The van der Waals surface area contributed by atoms with E-state index in [-0.39, 0.29) is 29.1 Å². The maximum absolute atomic E-state index is 14.0. The molecule has 0 saturated carbocycles. The number of hydrogen-bond donors (Lipinski definition) is 1. The molecule has 0 fully saturated rings. The summed E-state index contributed by atoms with van der Waals surface area (Å²) in [5.41, 5.74) is 1.29. The number of aryl methyl sites for hydroxylation is 1. The Morgan fingerprint density at radius 2 is 1.55 bits per heavy atom. The molecule has 0 bridgehead atoms. The van der Waals surface area contributed by atoms with Crippen LogP contribution >= 0.6 is 34.8 Å². The Balaban J connectivity index is 2.09. The van der Waals surface area contributed by atoms with Gasteiger partial charge >= 0.3 is 0 Å². The average molecular weight is 625 g/mol. The molecule has 0 spiro atoms. The summed E-state index contributed by atoms with van der Waals surface area (Å²) < 4.78 is 28.8. The van der Waals surface area contributed by atoms with Crippen LogP contribution in [0.3, 0.4) is 0 Å². The lowest BCUT2D eigenvalue weighted by Crippen LogP contribution is -2.52. The summed E-state index contributed by atoms with van der Waals surface area (Å²) >= 11 is 19.0. The van der Waals surface area contributed by atoms with Gasteiger partial charge in [0.15, 0.2) is 0 Å². The quantitative estimate of drug-likeness (QED) is 0.265. The highest BCUT2D eigenvalue weighted by Gasteiger charge is 2.33. The fraction of sp³-hybridized carbons (Fsp3) is 0.310. The Bertz CT molecular complexity index is 1450. The number of nitrogens with one attached hydrogen (secondary N) is 1. The van der Waals surface area contributed by atoms with Crippen molar-refractivity contribution in [2.75, 3.05) is 10.8 Å². The Kier molecular flexibility index (Phi) is 10.9. The molecule has 2 amide bonds. The summed E-state index contributed by atoms with van der Waals surface area (Å²) in [5.74, 6) is -0.998. The second-order valence-corrected chi connectivity index (χ2v) is 12.6. The first-order chi connectivity index (χ1) is 18.9. The van der Waals surface area contributed by atoms with Crippen LogP contribution in [0.4, 0.5) is 5.69 Å². The molecule has 3 aromatic rings. The predicted molar refractivity (Wildman–Crippen MR) is 162 cm³/mol. The molecule has 3 aromatic carbocycles. The largest absolute Gasteiger partial charge is 0.352 e. The highest BCUT2D eigenvalue weighted by atomic mass is 35.5. The molecule has 0 unspecified atom stereocenters. The predicted octanol–water partition coefficient (Wildman–Crippen LogP) is 6.48. The number of nitrogens with zero attached hydrogens (tertiary/aromatic N) is 2. The van der Waals surface area contributed by atoms with E-state index in [0.717, 1.165) is 4.31 Å². The zero-order valence-corrected chi connectivity index (χ0v) is 25.8. The molecule has 214 valence electrons. The second kappa shape index (κ2) is 13.7. The van der Waals surface area contributed by atoms with Crippen molar-refractivity contribution in [1.82, 2.24) is 10.2 Å². The molecule has 0 aliphatic rings. The average Bonchev–Trinajstić information content (AvgIpc) is 2.91. The fourth-order valence-corrected chi connectivity index (χ4v) is 6.28. The number of halogens is 3. The van der Waals surface area contributed by atoms with Crippen LogP contribution in [0.25, 0.3) is 0 Å². The van der Waals surface area contributed by atoms with Gasteiger partial charge in [-0.2, -0.15) is 0 Å². The second-order valence-electron chi connectivity index (χ2n) is 9.47. The third-order valence-corrected chi connectivity index (χ3v) is 9.31. The van der Waals surface area contributed by atoms with Crippen LogP contribution in [0, 0.1) is 6.92 Å². The summed E-state index contributed by atoms with van der Waals surface area (Å²) in [6.07, 6.45) is 0.696. The maximum atomic E-state index is 14.0. The number of amides is 2. The van der Waals surface area contributed by atoms with Crippen LogP contribution in [0.15, 0.2) is 71.6 Å². The number of carbonyl (C=O) groups is 2. The monoisotopic (exact) mass is 623 g/mol. The summed E-state index contributed by atoms with van der Waals surface area (Å²) in [7, 11) is -4.19. The lowest BCUT2D eigenvalue weighted by molar-refractivity contribution is -0.139. The van der Waals surface area contributed by atoms with Gasteiger partial charge in [-0.1, -0.05) is 66.0 Å². The van der Waals surface area contributed by atoms with E-state index in [1.165, 1.54) is 17.0 Å². The van der Waals surface area contributed by atoms with E-state index in [1.807, 2.05) is 13.8 Å². The van der Waals surface area contributed by atoms with E-state index < -0.39 is 28.5 Å². The van der Waals surface area contributed by atoms with Crippen molar-refractivity contribution < 1.29 is 18.0 Å². The molecule has 0 radical (unpaired) electrons. The number of carbonyl (C=O) groups excluding carboxylic acids is 2. The van der Waals surface area contributed by atoms with Crippen molar-refractivity contribution in [2.45, 2.75) is 57.6 Å². The number of benzene rings is 3. The summed E-state index contributed by atoms with van der Waals surface area (Å²) in [4.78, 5) is 28.5. The molecule has 11 heteroatoms. The topological polar surface area (TPSA) is 86.8 Å². The molecule has 0 aliphatic carbocycles. The van der Waals surface area contributed by atoms with Crippen LogP contribution in [0.2, 0.25) is 15.1 Å². The minimum Gasteiger partial charge on any atom is -0.352 e. The van der Waals surface area contributed by atoms with Gasteiger partial charge in [0.25, 0.3) is 10.0 Å². The normalized spacial score (nSPS) is 12.9. The van der Waals surface area contributed by atoms with Crippen molar-refractivity contribution in [3.05, 3.63) is 92.9 Å². The molecule has 7 nitrogen and oxygen atoms in total. The van der Waals surface area contributed by atoms with Crippen molar-refractivity contribution >= 4 is 62.3 Å². The van der Waals surface area contributed by atoms with E-state index in [2.05, 4.69) is 5.32 Å². The highest BCUT2D eigenvalue weighted by molar-refractivity contribution is 7.92. The zero-order valence-electron chi connectivity index (χ0n) is 22.7. The lowest BCUT2D eigenvalue weighted by Gasteiger charge is -2.33. The van der Waals surface area contributed by atoms with Gasteiger partial charge in [0.1, 0.15) is 12.6 Å². The number of hydrogen-bond acceptors (Lipinski definition) is 4. The maximum Gasteiger partial charge on any atom is 0.264 e. The molecular formula is C29H32Cl3N3O4S. The van der Waals surface area contributed by atoms with Gasteiger partial charge in [-0.05, 0) is 75.2 Å². The van der Waals surface area contributed by atoms with Gasteiger partial charge in [0, 0.05) is 33.2 Å². The summed E-state index contributed by atoms with van der Waals surface area (Å²) in [6.45, 7) is 6.41. The van der Waals surface area contributed by atoms with E-state index in [4.69, 9.17) is 34.8 Å². The van der Waals surface area contributed by atoms with Crippen LogP contribution < -0.4 is 9.62 Å². The number of anilines is 1. The standard InChI is InChI=1S/C29H32Cl3N3O4S/c1-5-20(3)33-29(37)21(4)34(17-24-25(31)12-9-13-26(24)32)28(36)18-35(27-15-14-22(30)16-19(27)2)40(38,39)23-10-7-6-8-11-23/h6-16,20-21H,5,17-18H2,1-4H3,(H,33,37)/t20-,21-/m1/s1. The summed E-state index contributed by atoms with van der Waals surface area (Å²) in [6, 6.07) is 16.4. The van der Waals surface area contributed by atoms with E-state index >= 15 is 0 Å². The van der Waals surface area contributed by atoms with E-state index in [1.54, 1.807) is 68.4 Å². The smallest absolute Gasteiger partial charge is 0.264 e. The molecule has 40 heavy (non-hydrogen) atoms.